The van der Waals surface area contributed by atoms with Gasteiger partial charge in [0.15, 0.2) is 0 Å². The number of rotatable bonds is 2. The highest BCUT2D eigenvalue weighted by molar-refractivity contribution is 5.68. The van der Waals surface area contributed by atoms with Gasteiger partial charge in [0.05, 0.1) is 0 Å². The van der Waals surface area contributed by atoms with Crippen molar-refractivity contribution in [3.8, 4) is 0 Å². The Hall–Kier alpha value is -0.730. The van der Waals surface area contributed by atoms with E-state index < -0.39 is 0 Å². The van der Waals surface area contributed by atoms with E-state index in [1.807, 2.05) is 25.7 Å². The lowest BCUT2D eigenvalue weighted by Gasteiger charge is -2.36. The first-order valence-electron chi connectivity index (χ1n) is 6.43. The van der Waals surface area contributed by atoms with Gasteiger partial charge >= 0.3 is 6.09 Å². The van der Waals surface area contributed by atoms with Crippen LogP contribution in [0.4, 0.5) is 4.79 Å². The van der Waals surface area contributed by atoms with Crippen molar-refractivity contribution in [2.24, 2.45) is 0 Å². The van der Waals surface area contributed by atoms with Crippen molar-refractivity contribution in [2.45, 2.75) is 71.4 Å². The summed E-state index contributed by atoms with van der Waals surface area (Å²) < 4.78 is 5.44. The van der Waals surface area contributed by atoms with Crippen LogP contribution in [0.2, 0.25) is 0 Å². The molecular formula is C13H25NO2. The summed E-state index contributed by atoms with van der Waals surface area (Å²) in [6, 6.07) is 0.397. The van der Waals surface area contributed by atoms with Gasteiger partial charge in [0.2, 0.25) is 0 Å². The van der Waals surface area contributed by atoms with Gasteiger partial charge in [-0.3, -0.25) is 0 Å². The Kier molecular flexibility index (Phi) is 4.63. The van der Waals surface area contributed by atoms with Gasteiger partial charge in [-0.1, -0.05) is 13.3 Å². The number of carbonyl (C=O) groups excluding carboxylic acids is 1. The van der Waals surface area contributed by atoms with E-state index in [1.165, 1.54) is 6.42 Å². The van der Waals surface area contributed by atoms with E-state index in [-0.39, 0.29) is 11.7 Å². The van der Waals surface area contributed by atoms with Gasteiger partial charge in [0.25, 0.3) is 0 Å². The van der Waals surface area contributed by atoms with E-state index in [9.17, 15) is 4.79 Å². The van der Waals surface area contributed by atoms with Crippen molar-refractivity contribution < 1.29 is 9.53 Å². The molecule has 16 heavy (non-hydrogen) atoms. The average molecular weight is 227 g/mol. The predicted molar refractivity (Wildman–Crippen MR) is 65.5 cm³/mol. The van der Waals surface area contributed by atoms with Crippen LogP contribution in [0.25, 0.3) is 0 Å². The Morgan fingerprint density at radius 1 is 1.38 bits per heavy atom. The fourth-order valence-electron chi connectivity index (χ4n) is 2.19. The van der Waals surface area contributed by atoms with Crippen molar-refractivity contribution >= 4 is 6.09 Å². The zero-order valence-electron chi connectivity index (χ0n) is 11.1. The maximum atomic E-state index is 12.0. The van der Waals surface area contributed by atoms with Crippen LogP contribution in [0.1, 0.15) is 59.8 Å². The van der Waals surface area contributed by atoms with Crippen molar-refractivity contribution in [3.63, 3.8) is 0 Å². The van der Waals surface area contributed by atoms with Gasteiger partial charge in [-0.2, -0.15) is 0 Å². The molecule has 0 spiro atoms. The van der Waals surface area contributed by atoms with Crippen LogP contribution in [-0.2, 0) is 4.74 Å². The maximum Gasteiger partial charge on any atom is 0.410 e. The van der Waals surface area contributed by atoms with E-state index in [0.717, 1.165) is 32.2 Å². The van der Waals surface area contributed by atoms with E-state index >= 15 is 0 Å². The molecule has 0 aliphatic carbocycles. The van der Waals surface area contributed by atoms with Gasteiger partial charge in [-0.15, -0.1) is 0 Å². The predicted octanol–water partition coefficient (Wildman–Crippen LogP) is 3.58. The second-order valence-electron chi connectivity index (χ2n) is 5.61. The first kappa shape index (κ1) is 13.3. The molecule has 0 aromatic carbocycles. The quantitative estimate of drug-likeness (QED) is 0.721. The monoisotopic (exact) mass is 227 g/mol. The van der Waals surface area contributed by atoms with Crippen LogP contribution in [-0.4, -0.2) is 29.2 Å². The standard InChI is InChI=1S/C13H25NO2/c1-5-8-11-9-6-7-10-14(11)12(15)16-13(2,3)4/h11H,5-10H2,1-4H3. The summed E-state index contributed by atoms with van der Waals surface area (Å²) in [6.45, 7) is 8.79. The third kappa shape index (κ3) is 4.03. The second kappa shape index (κ2) is 5.55. The molecule has 1 fully saturated rings. The summed E-state index contributed by atoms with van der Waals surface area (Å²) in [5.74, 6) is 0. The van der Waals surface area contributed by atoms with Crippen molar-refractivity contribution in [3.05, 3.63) is 0 Å². The topological polar surface area (TPSA) is 29.5 Å². The fraction of sp³-hybridized carbons (Fsp3) is 0.923. The third-order valence-electron chi connectivity index (χ3n) is 2.88. The molecule has 94 valence electrons. The molecular weight excluding hydrogens is 202 g/mol. The fourth-order valence-corrected chi connectivity index (χ4v) is 2.19. The molecule has 0 N–H and O–H groups in total. The number of likely N-dealkylation sites (tertiary alicyclic amines) is 1. The molecule has 3 heteroatoms. The largest absolute Gasteiger partial charge is 0.444 e. The minimum absolute atomic E-state index is 0.134. The first-order valence-corrected chi connectivity index (χ1v) is 6.43. The van der Waals surface area contributed by atoms with Crippen LogP contribution in [0.15, 0.2) is 0 Å². The molecule has 1 aliphatic heterocycles. The van der Waals surface area contributed by atoms with Crippen molar-refractivity contribution in [2.75, 3.05) is 6.54 Å². The van der Waals surface area contributed by atoms with Gasteiger partial charge in [-0.05, 0) is 46.5 Å². The normalized spacial score (nSPS) is 22.0. The summed E-state index contributed by atoms with van der Waals surface area (Å²) in [6.07, 6.45) is 5.57. The Labute approximate surface area is 99.1 Å². The van der Waals surface area contributed by atoms with Gasteiger partial charge in [0.1, 0.15) is 5.60 Å². The molecule has 1 aliphatic rings. The van der Waals surface area contributed by atoms with Crippen LogP contribution >= 0.6 is 0 Å². The van der Waals surface area contributed by atoms with E-state index in [1.54, 1.807) is 0 Å². The van der Waals surface area contributed by atoms with Crippen LogP contribution in [0.3, 0.4) is 0 Å². The Balaban J connectivity index is 2.57. The average Bonchev–Trinajstić information content (AvgIpc) is 2.16. The lowest BCUT2D eigenvalue weighted by Crippen LogP contribution is -2.46. The third-order valence-corrected chi connectivity index (χ3v) is 2.88. The number of hydrogen-bond donors (Lipinski definition) is 0. The molecule has 0 aromatic rings. The first-order chi connectivity index (χ1) is 7.44. The second-order valence-corrected chi connectivity index (χ2v) is 5.61. The molecule has 1 atom stereocenters. The molecule has 0 radical (unpaired) electrons. The number of nitrogens with zero attached hydrogens (tertiary/aromatic N) is 1. The highest BCUT2D eigenvalue weighted by Crippen LogP contribution is 2.23. The number of piperidine rings is 1. The van der Waals surface area contributed by atoms with E-state index in [4.69, 9.17) is 4.74 Å². The maximum absolute atomic E-state index is 12.0. The lowest BCUT2D eigenvalue weighted by molar-refractivity contribution is 0.00881. The number of hydrogen-bond acceptors (Lipinski definition) is 2. The molecule has 0 saturated carbocycles. The number of amides is 1. The zero-order chi connectivity index (χ0) is 12.2. The van der Waals surface area contributed by atoms with E-state index in [0.29, 0.717) is 6.04 Å². The van der Waals surface area contributed by atoms with Crippen LogP contribution in [0, 0.1) is 0 Å². The number of ether oxygens (including phenoxy) is 1. The summed E-state index contributed by atoms with van der Waals surface area (Å²) in [7, 11) is 0. The minimum atomic E-state index is -0.384. The minimum Gasteiger partial charge on any atom is -0.444 e. The molecule has 0 bridgehead atoms. The molecule has 3 nitrogen and oxygen atoms in total. The highest BCUT2D eigenvalue weighted by Gasteiger charge is 2.29. The summed E-state index contributed by atoms with van der Waals surface area (Å²) in [4.78, 5) is 13.9. The Morgan fingerprint density at radius 3 is 2.62 bits per heavy atom. The van der Waals surface area contributed by atoms with Gasteiger partial charge in [-0.25, -0.2) is 4.79 Å². The highest BCUT2D eigenvalue weighted by atomic mass is 16.6. The molecule has 1 rings (SSSR count). The zero-order valence-corrected chi connectivity index (χ0v) is 11.1. The SMILES string of the molecule is CCCC1CCCCN1C(=O)OC(C)(C)C. The molecule has 0 aromatic heterocycles. The van der Waals surface area contributed by atoms with Crippen molar-refractivity contribution in [1.29, 1.82) is 0 Å². The smallest absolute Gasteiger partial charge is 0.410 e. The number of carbonyl (C=O) groups is 1. The molecule has 1 saturated heterocycles. The van der Waals surface area contributed by atoms with Crippen LogP contribution in [0.5, 0.6) is 0 Å². The van der Waals surface area contributed by atoms with Crippen molar-refractivity contribution in [1.82, 2.24) is 4.90 Å². The summed E-state index contributed by atoms with van der Waals surface area (Å²) >= 11 is 0. The van der Waals surface area contributed by atoms with Gasteiger partial charge < -0.3 is 9.64 Å². The van der Waals surface area contributed by atoms with Gasteiger partial charge in [0, 0.05) is 12.6 Å². The van der Waals surface area contributed by atoms with E-state index in [2.05, 4.69) is 6.92 Å². The molecule has 1 unspecified atom stereocenters. The van der Waals surface area contributed by atoms with Crippen LogP contribution < -0.4 is 0 Å². The summed E-state index contributed by atoms with van der Waals surface area (Å²) in [5, 5.41) is 0. The molecule has 1 heterocycles. The Bertz CT molecular complexity index is 231. The summed E-state index contributed by atoms with van der Waals surface area (Å²) in [5.41, 5.74) is -0.384. The molecule has 1 amide bonds. The Morgan fingerprint density at radius 2 is 2.06 bits per heavy atom. The lowest BCUT2D eigenvalue weighted by atomic mass is 9.99.